The highest BCUT2D eigenvalue weighted by Gasteiger charge is 2.37. The molecule has 2 nitrogen and oxygen atoms in total. The van der Waals surface area contributed by atoms with Crippen molar-refractivity contribution in [2.24, 2.45) is 11.7 Å². The zero-order valence-corrected chi connectivity index (χ0v) is 12.7. The van der Waals surface area contributed by atoms with Crippen molar-refractivity contribution in [1.82, 2.24) is 4.90 Å². The van der Waals surface area contributed by atoms with E-state index >= 15 is 0 Å². The van der Waals surface area contributed by atoms with Crippen molar-refractivity contribution >= 4 is 0 Å². The number of hydrogen-bond donors (Lipinski definition) is 1. The van der Waals surface area contributed by atoms with E-state index in [0.29, 0.717) is 0 Å². The molecule has 20 heavy (non-hydrogen) atoms. The van der Waals surface area contributed by atoms with Crippen LogP contribution in [0, 0.1) is 11.7 Å². The predicted molar refractivity (Wildman–Crippen MR) is 81.9 cm³/mol. The summed E-state index contributed by atoms with van der Waals surface area (Å²) in [6.07, 6.45) is 4.88. The Hall–Kier alpha value is -0.930. The minimum Gasteiger partial charge on any atom is -0.329 e. The molecular weight excluding hydrogens is 251 g/mol. The van der Waals surface area contributed by atoms with Crippen LogP contribution in [-0.4, -0.2) is 23.5 Å². The molecule has 2 N–H and O–H groups in total. The molecule has 1 fully saturated rings. The molecule has 0 amide bonds. The van der Waals surface area contributed by atoms with E-state index in [1.54, 1.807) is 12.1 Å². The first-order chi connectivity index (χ1) is 9.59. The van der Waals surface area contributed by atoms with E-state index in [2.05, 4.69) is 18.7 Å². The van der Waals surface area contributed by atoms with Crippen molar-refractivity contribution in [3.8, 4) is 0 Å². The van der Waals surface area contributed by atoms with E-state index in [1.807, 2.05) is 12.1 Å². The molecule has 1 aliphatic rings. The topological polar surface area (TPSA) is 29.3 Å². The van der Waals surface area contributed by atoms with E-state index in [1.165, 1.54) is 31.2 Å². The lowest BCUT2D eigenvalue weighted by Crippen LogP contribution is -2.55. The van der Waals surface area contributed by atoms with Gasteiger partial charge in [-0.2, -0.15) is 0 Å². The van der Waals surface area contributed by atoms with Crippen LogP contribution in [0.4, 0.5) is 4.39 Å². The van der Waals surface area contributed by atoms with E-state index in [-0.39, 0.29) is 11.4 Å². The van der Waals surface area contributed by atoms with E-state index in [9.17, 15) is 4.39 Å². The van der Waals surface area contributed by atoms with Gasteiger partial charge in [0.25, 0.3) is 0 Å². The first-order valence-electron chi connectivity index (χ1n) is 7.79. The minimum atomic E-state index is -0.170. The third kappa shape index (κ3) is 3.39. The number of rotatable bonds is 5. The maximum atomic E-state index is 13.0. The van der Waals surface area contributed by atoms with Crippen LogP contribution >= 0.6 is 0 Å². The Labute approximate surface area is 122 Å². The molecule has 1 aliphatic carbocycles. The van der Waals surface area contributed by atoms with Gasteiger partial charge in [0.2, 0.25) is 0 Å². The Balaban J connectivity index is 2.11. The Morgan fingerprint density at radius 2 is 1.85 bits per heavy atom. The smallest absolute Gasteiger partial charge is 0.123 e. The molecule has 3 heteroatoms. The largest absolute Gasteiger partial charge is 0.329 e. The maximum absolute atomic E-state index is 13.0. The lowest BCUT2D eigenvalue weighted by atomic mass is 9.76. The molecule has 112 valence electrons. The lowest BCUT2D eigenvalue weighted by Gasteiger charge is -2.47. The van der Waals surface area contributed by atoms with Crippen molar-refractivity contribution in [1.29, 1.82) is 0 Å². The third-order valence-electron chi connectivity index (χ3n) is 4.92. The van der Waals surface area contributed by atoms with Gasteiger partial charge in [-0.1, -0.05) is 26.0 Å². The fourth-order valence-electron chi connectivity index (χ4n) is 3.37. The molecule has 0 atom stereocenters. The minimum absolute atomic E-state index is 0.135. The number of nitrogens with zero attached hydrogens (tertiary/aromatic N) is 1. The van der Waals surface area contributed by atoms with Crippen molar-refractivity contribution in [3.63, 3.8) is 0 Å². The molecule has 0 heterocycles. The van der Waals surface area contributed by atoms with Crippen molar-refractivity contribution in [3.05, 3.63) is 35.6 Å². The summed E-state index contributed by atoms with van der Waals surface area (Å²) in [6, 6.07) is 6.85. The summed E-state index contributed by atoms with van der Waals surface area (Å²) in [4.78, 5) is 2.49. The van der Waals surface area contributed by atoms with Gasteiger partial charge in [-0.25, -0.2) is 4.39 Å². The highest BCUT2D eigenvalue weighted by Crippen LogP contribution is 2.36. The molecule has 1 saturated carbocycles. The average molecular weight is 278 g/mol. The quantitative estimate of drug-likeness (QED) is 0.892. The number of nitrogens with two attached hydrogens (primary N) is 1. The summed E-state index contributed by atoms with van der Waals surface area (Å²) in [6.45, 7) is 7.09. The second kappa shape index (κ2) is 6.68. The van der Waals surface area contributed by atoms with E-state index in [4.69, 9.17) is 5.73 Å². The Bertz CT molecular complexity index is 408. The molecule has 1 aromatic rings. The fourth-order valence-corrected chi connectivity index (χ4v) is 3.37. The second-order valence-corrected chi connectivity index (χ2v) is 6.25. The monoisotopic (exact) mass is 278 g/mol. The fraction of sp³-hybridized carbons (Fsp3) is 0.647. The second-order valence-electron chi connectivity index (χ2n) is 6.25. The highest BCUT2D eigenvalue weighted by molar-refractivity contribution is 5.16. The summed E-state index contributed by atoms with van der Waals surface area (Å²) in [5, 5.41) is 0. The number of hydrogen-bond acceptors (Lipinski definition) is 2. The van der Waals surface area contributed by atoms with Crippen LogP contribution in [0.25, 0.3) is 0 Å². The highest BCUT2D eigenvalue weighted by atomic mass is 19.1. The molecule has 0 radical (unpaired) electrons. The van der Waals surface area contributed by atoms with Gasteiger partial charge in [0.1, 0.15) is 5.82 Å². The van der Waals surface area contributed by atoms with Gasteiger partial charge in [0.05, 0.1) is 0 Å². The Kier molecular flexibility index (Phi) is 5.17. The maximum Gasteiger partial charge on any atom is 0.123 e. The zero-order chi connectivity index (χ0) is 14.6. The standard InChI is InChI=1S/C17H27FN2/c1-3-20(12-15-4-6-16(18)7-5-15)17(13-19)10-8-14(2)9-11-17/h4-7,14H,3,8-13,19H2,1-2H3. The van der Waals surface area contributed by atoms with Crippen LogP contribution in [0.1, 0.15) is 45.1 Å². The number of halogens is 1. The molecular formula is C17H27FN2. The summed E-state index contributed by atoms with van der Waals surface area (Å²) < 4.78 is 13.0. The van der Waals surface area contributed by atoms with Crippen LogP contribution in [0.3, 0.4) is 0 Å². The molecule has 0 spiro atoms. The van der Waals surface area contributed by atoms with Gasteiger partial charge in [-0.15, -0.1) is 0 Å². The first kappa shape index (κ1) is 15.5. The van der Waals surface area contributed by atoms with E-state index < -0.39 is 0 Å². The van der Waals surface area contributed by atoms with Gasteiger partial charge in [-0.05, 0) is 55.8 Å². The SMILES string of the molecule is CCN(Cc1ccc(F)cc1)C1(CN)CCC(C)CC1. The summed E-state index contributed by atoms with van der Waals surface area (Å²) in [5.41, 5.74) is 7.44. The summed E-state index contributed by atoms with van der Waals surface area (Å²) in [5.74, 6) is 0.649. The van der Waals surface area contributed by atoms with Gasteiger partial charge < -0.3 is 5.73 Å². The normalized spacial score (nSPS) is 26.9. The van der Waals surface area contributed by atoms with Crippen LogP contribution in [0.15, 0.2) is 24.3 Å². The van der Waals surface area contributed by atoms with Gasteiger partial charge in [0.15, 0.2) is 0 Å². The summed E-state index contributed by atoms with van der Waals surface area (Å²) >= 11 is 0. The molecule has 0 aromatic heterocycles. The lowest BCUT2D eigenvalue weighted by molar-refractivity contribution is 0.0423. The van der Waals surface area contributed by atoms with Crippen LogP contribution in [0.2, 0.25) is 0 Å². The van der Waals surface area contributed by atoms with Crippen LogP contribution in [0.5, 0.6) is 0 Å². The molecule has 2 rings (SSSR count). The molecule has 0 bridgehead atoms. The third-order valence-corrected chi connectivity index (χ3v) is 4.92. The van der Waals surface area contributed by atoms with Crippen molar-refractivity contribution in [2.45, 2.75) is 51.6 Å². The number of likely N-dealkylation sites (N-methyl/N-ethyl adjacent to an activating group) is 1. The van der Waals surface area contributed by atoms with Gasteiger partial charge >= 0.3 is 0 Å². The van der Waals surface area contributed by atoms with E-state index in [0.717, 1.165) is 25.6 Å². The Morgan fingerprint density at radius 3 is 2.35 bits per heavy atom. The van der Waals surface area contributed by atoms with Crippen LogP contribution in [-0.2, 0) is 6.54 Å². The molecule has 1 aromatic carbocycles. The molecule has 0 saturated heterocycles. The van der Waals surface area contributed by atoms with Crippen molar-refractivity contribution < 1.29 is 4.39 Å². The number of benzene rings is 1. The molecule has 0 unspecified atom stereocenters. The summed E-state index contributed by atoms with van der Waals surface area (Å²) in [7, 11) is 0. The Morgan fingerprint density at radius 1 is 1.25 bits per heavy atom. The zero-order valence-electron chi connectivity index (χ0n) is 12.7. The molecule has 0 aliphatic heterocycles. The van der Waals surface area contributed by atoms with Gasteiger partial charge in [-0.3, -0.25) is 4.90 Å². The first-order valence-corrected chi connectivity index (χ1v) is 7.79. The average Bonchev–Trinajstić information content (AvgIpc) is 2.48. The van der Waals surface area contributed by atoms with Crippen molar-refractivity contribution in [2.75, 3.05) is 13.1 Å². The predicted octanol–water partition coefficient (Wildman–Crippen LogP) is 3.56. The van der Waals surface area contributed by atoms with Gasteiger partial charge in [0, 0.05) is 18.6 Å². The van der Waals surface area contributed by atoms with Crippen LogP contribution < -0.4 is 5.73 Å².